The van der Waals surface area contributed by atoms with E-state index in [0.717, 1.165) is 30.9 Å². The fourth-order valence-corrected chi connectivity index (χ4v) is 4.87. The van der Waals surface area contributed by atoms with Gasteiger partial charge in [0, 0.05) is 5.02 Å². The third-order valence-electron chi connectivity index (χ3n) is 6.72. The van der Waals surface area contributed by atoms with Crippen LogP contribution in [0.2, 0.25) is 5.02 Å². The highest BCUT2D eigenvalue weighted by atomic mass is 35.5. The van der Waals surface area contributed by atoms with E-state index in [2.05, 4.69) is 12.2 Å². The van der Waals surface area contributed by atoms with Crippen LogP contribution in [-0.4, -0.2) is 12.5 Å². The van der Waals surface area contributed by atoms with Gasteiger partial charge in [0.2, 0.25) is 0 Å². The van der Waals surface area contributed by atoms with Crippen LogP contribution < -0.4 is 10.1 Å². The van der Waals surface area contributed by atoms with Crippen molar-refractivity contribution in [3.8, 4) is 5.75 Å². The zero-order valence-electron chi connectivity index (χ0n) is 22.9. The fraction of sp³-hybridized carbons (Fsp3) is 0.581. The lowest BCUT2D eigenvalue weighted by Crippen LogP contribution is -2.19. The molecule has 3 nitrogen and oxygen atoms in total. The molecule has 0 aromatic heterocycles. The fourth-order valence-electron chi connectivity index (χ4n) is 4.70. The minimum absolute atomic E-state index is 0.0480. The van der Waals surface area contributed by atoms with Crippen LogP contribution in [-0.2, 0) is 12.6 Å². The molecule has 0 atom stereocenters. The number of carbonyl (C=O) groups is 1. The molecule has 0 radical (unpaired) electrons. The second-order valence-corrected chi connectivity index (χ2v) is 10.3. The van der Waals surface area contributed by atoms with Crippen molar-refractivity contribution in [3.05, 3.63) is 58.1 Å². The molecule has 0 fully saturated rings. The van der Waals surface area contributed by atoms with Gasteiger partial charge in [0.15, 0.2) is 0 Å². The van der Waals surface area contributed by atoms with Crippen LogP contribution in [0, 0.1) is 0 Å². The molecule has 0 aliphatic rings. The Kier molecular flexibility index (Phi) is 14.6. The van der Waals surface area contributed by atoms with Crippen molar-refractivity contribution >= 4 is 23.2 Å². The van der Waals surface area contributed by atoms with Gasteiger partial charge in [-0.3, -0.25) is 4.79 Å². The first-order valence-corrected chi connectivity index (χ1v) is 14.6. The molecule has 2 rings (SSSR count). The maximum absolute atomic E-state index is 13.5. The van der Waals surface area contributed by atoms with Crippen molar-refractivity contribution in [1.29, 1.82) is 0 Å². The second kappa shape index (κ2) is 17.4. The molecule has 0 unspecified atom stereocenters. The van der Waals surface area contributed by atoms with Gasteiger partial charge in [-0.1, -0.05) is 108 Å². The first-order chi connectivity index (χ1) is 18.3. The van der Waals surface area contributed by atoms with Crippen LogP contribution in [0.5, 0.6) is 5.75 Å². The number of aryl methyl sites for hydroxylation is 1. The van der Waals surface area contributed by atoms with E-state index < -0.39 is 17.6 Å². The zero-order chi connectivity index (χ0) is 27.8. The Bertz CT molecular complexity index is 978. The van der Waals surface area contributed by atoms with Crippen molar-refractivity contribution in [2.45, 2.75) is 110 Å². The summed E-state index contributed by atoms with van der Waals surface area (Å²) in [7, 11) is 0. The van der Waals surface area contributed by atoms with E-state index in [1.165, 1.54) is 76.3 Å². The van der Waals surface area contributed by atoms with Crippen molar-refractivity contribution in [3.63, 3.8) is 0 Å². The van der Waals surface area contributed by atoms with Gasteiger partial charge in [0.25, 0.3) is 5.91 Å². The number of amides is 1. The summed E-state index contributed by atoms with van der Waals surface area (Å²) in [6.07, 6.45) is 12.2. The summed E-state index contributed by atoms with van der Waals surface area (Å²) in [5.41, 5.74) is -0.245. The number of alkyl halides is 3. The highest BCUT2D eigenvalue weighted by Gasteiger charge is 2.34. The van der Waals surface area contributed by atoms with Gasteiger partial charge < -0.3 is 10.1 Å². The van der Waals surface area contributed by atoms with Crippen LogP contribution in [0.15, 0.2) is 36.4 Å². The molecule has 0 saturated carbocycles. The first kappa shape index (κ1) is 32.0. The Morgan fingerprint density at radius 3 is 1.97 bits per heavy atom. The monoisotopic (exact) mass is 553 g/mol. The lowest BCUT2D eigenvalue weighted by Gasteiger charge is -2.17. The number of halogens is 4. The topological polar surface area (TPSA) is 38.3 Å². The number of anilines is 1. The molecular formula is C31H43ClF3NO2. The molecule has 0 heterocycles. The number of carbonyl (C=O) groups excluding carboxylic acids is 1. The highest BCUT2D eigenvalue weighted by Crippen LogP contribution is 2.37. The SMILES string of the molecule is CCCCCCCCCCCCCCCc1cccc(OCC)c1C(=O)Nc1ccc(Cl)cc1C(F)(F)F. The minimum Gasteiger partial charge on any atom is -0.493 e. The second-order valence-electron chi connectivity index (χ2n) is 9.86. The zero-order valence-corrected chi connectivity index (χ0v) is 23.7. The predicted octanol–water partition coefficient (Wildman–Crippen LogP) is 10.6. The molecule has 2 aromatic carbocycles. The Morgan fingerprint density at radius 1 is 0.842 bits per heavy atom. The summed E-state index contributed by atoms with van der Waals surface area (Å²) >= 11 is 5.78. The summed E-state index contributed by atoms with van der Waals surface area (Å²) < 4.78 is 46.3. The van der Waals surface area contributed by atoms with Crippen LogP contribution in [0.25, 0.3) is 0 Å². The van der Waals surface area contributed by atoms with Gasteiger partial charge in [0.05, 0.1) is 23.4 Å². The first-order valence-electron chi connectivity index (χ1n) is 14.2. The van der Waals surface area contributed by atoms with E-state index in [-0.39, 0.29) is 16.3 Å². The summed E-state index contributed by atoms with van der Waals surface area (Å²) in [6, 6.07) is 8.68. The maximum atomic E-state index is 13.5. The number of benzene rings is 2. The Labute approximate surface area is 231 Å². The Balaban J connectivity index is 1.90. The standard InChI is InChI=1S/C31H43ClF3NO2/c1-3-5-6-7-8-9-10-11-12-13-14-15-16-18-24-19-17-20-28(38-4-2)29(24)30(37)36-27-22-21-25(32)23-26(27)31(33,34)35/h17,19-23H,3-16,18H2,1-2H3,(H,36,37). The van der Waals surface area contributed by atoms with E-state index in [9.17, 15) is 18.0 Å². The lowest BCUT2D eigenvalue weighted by molar-refractivity contribution is -0.136. The van der Waals surface area contributed by atoms with Crippen molar-refractivity contribution in [2.75, 3.05) is 11.9 Å². The average molecular weight is 554 g/mol. The van der Waals surface area contributed by atoms with Crippen LogP contribution >= 0.6 is 11.6 Å². The van der Waals surface area contributed by atoms with E-state index in [0.29, 0.717) is 18.8 Å². The van der Waals surface area contributed by atoms with E-state index >= 15 is 0 Å². The summed E-state index contributed by atoms with van der Waals surface area (Å²) in [5.74, 6) is -0.244. The van der Waals surface area contributed by atoms with Gasteiger partial charge in [-0.25, -0.2) is 0 Å². The molecule has 0 saturated heterocycles. The number of hydrogen-bond donors (Lipinski definition) is 1. The predicted molar refractivity (Wildman–Crippen MR) is 151 cm³/mol. The van der Waals surface area contributed by atoms with E-state index in [4.69, 9.17) is 16.3 Å². The minimum atomic E-state index is -4.65. The summed E-state index contributed by atoms with van der Waals surface area (Å²) in [4.78, 5) is 13.2. The van der Waals surface area contributed by atoms with Crippen molar-refractivity contribution < 1.29 is 22.7 Å². The smallest absolute Gasteiger partial charge is 0.418 e. The largest absolute Gasteiger partial charge is 0.493 e. The molecule has 0 aliphatic heterocycles. The van der Waals surface area contributed by atoms with Crippen molar-refractivity contribution in [2.24, 2.45) is 0 Å². The third kappa shape index (κ3) is 11.3. The number of unbranched alkanes of at least 4 members (excludes halogenated alkanes) is 12. The molecule has 212 valence electrons. The molecule has 0 spiro atoms. The third-order valence-corrected chi connectivity index (χ3v) is 6.96. The average Bonchev–Trinajstić information content (AvgIpc) is 2.87. The maximum Gasteiger partial charge on any atom is 0.418 e. The van der Waals surface area contributed by atoms with Crippen LogP contribution in [0.3, 0.4) is 0 Å². The number of rotatable bonds is 18. The molecule has 0 aliphatic carbocycles. The summed E-state index contributed by atoms with van der Waals surface area (Å²) in [6.45, 7) is 4.39. The Hall–Kier alpha value is -2.21. The number of ether oxygens (including phenoxy) is 1. The molecule has 1 amide bonds. The molecule has 0 bridgehead atoms. The van der Waals surface area contributed by atoms with E-state index in [1.54, 1.807) is 6.07 Å². The van der Waals surface area contributed by atoms with Gasteiger partial charge in [0.1, 0.15) is 5.75 Å². The normalized spacial score (nSPS) is 11.5. The van der Waals surface area contributed by atoms with Gasteiger partial charge in [-0.15, -0.1) is 0 Å². The van der Waals surface area contributed by atoms with Gasteiger partial charge >= 0.3 is 6.18 Å². The van der Waals surface area contributed by atoms with Gasteiger partial charge in [-0.2, -0.15) is 13.2 Å². The summed E-state index contributed by atoms with van der Waals surface area (Å²) in [5, 5.41) is 2.40. The highest BCUT2D eigenvalue weighted by molar-refractivity contribution is 6.30. The molecule has 1 N–H and O–H groups in total. The molecule has 7 heteroatoms. The quantitative estimate of drug-likeness (QED) is 0.186. The van der Waals surface area contributed by atoms with Gasteiger partial charge in [-0.05, 0) is 49.6 Å². The number of nitrogens with one attached hydrogen (secondary N) is 1. The number of hydrogen-bond acceptors (Lipinski definition) is 2. The molecule has 38 heavy (non-hydrogen) atoms. The van der Waals surface area contributed by atoms with E-state index in [1.807, 2.05) is 19.1 Å². The van der Waals surface area contributed by atoms with Crippen LogP contribution in [0.4, 0.5) is 18.9 Å². The molecular weight excluding hydrogens is 511 g/mol. The van der Waals surface area contributed by atoms with Crippen molar-refractivity contribution in [1.82, 2.24) is 0 Å². The Morgan fingerprint density at radius 2 is 1.42 bits per heavy atom. The van der Waals surface area contributed by atoms with Crippen LogP contribution in [0.1, 0.15) is 119 Å². The molecule has 2 aromatic rings. The lowest BCUT2D eigenvalue weighted by atomic mass is 9.98.